The maximum atomic E-state index is 13.0. The van der Waals surface area contributed by atoms with Crippen molar-refractivity contribution in [2.45, 2.75) is 11.9 Å². The highest BCUT2D eigenvalue weighted by atomic mass is 32.2. The van der Waals surface area contributed by atoms with Crippen LogP contribution in [0.5, 0.6) is 0 Å². The first-order valence-electron chi connectivity index (χ1n) is 7.07. The lowest BCUT2D eigenvalue weighted by molar-refractivity contribution is -0.118. The van der Waals surface area contributed by atoms with E-state index in [4.69, 9.17) is 0 Å². The van der Waals surface area contributed by atoms with E-state index in [-0.39, 0.29) is 11.7 Å². The van der Waals surface area contributed by atoms with Crippen molar-refractivity contribution >= 4 is 39.2 Å². The molecule has 2 aromatic heterocycles. The Morgan fingerprint density at radius 1 is 1.30 bits per heavy atom. The number of benzene rings is 1. The van der Waals surface area contributed by atoms with E-state index in [0.717, 1.165) is 25.7 Å². The molecule has 0 spiro atoms. The summed E-state index contributed by atoms with van der Waals surface area (Å²) in [5.74, 6) is 0.0522. The summed E-state index contributed by atoms with van der Waals surface area (Å²) in [7, 11) is 0. The Morgan fingerprint density at radius 3 is 2.83 bits per heavy atom. The number of nitrogens with one attached hydrogen (secondary N) is 1. The second-order valence-corrected chi connectivity index (χ2v) is 6.77. The molecule has 1 amide bonds. The summed E-state index contributed by atoms with van der Waals surface area (Å²) >= 11 is 2.94. The molecule has 4 nitrogen and oxygen atoms in total. The third-order valence-corrected chi connectivity index (χ3v) is 5.42. The minimum absolute atomic E-state index is 0.0143. The highest BCUT2D eigenvalue weighted by Crippen LogP contribution is 2.36. The topological polar surface area (TPSA) is 54.9 Å². The van der Waals surface area contributed by atoms with E-state index < -0.39 is 0 Å². The molecule has 0 unspecified atom stereocenters. The van der Waals surface area contributed by atoms with Crippen LogP contribution in [0.2, 0.25) is 0 Å². The summed E-state index contributed by atoms with van der Waals surface area (Å²) < 4.78 is 14.0. The molecule has 0 aliphatic rings. The summed E-state index contributed by atoms with van der Waals surface area (Å²) in [5, 5.41) is 3.56. The van der Waals surface area contributed by atoms with Crippen molar-refractivity contribution < 1.29 is 9.18 Å². The number of hydrogen-bond donors (Lipinski definition) is 1. The molecule has 2 heterocycles. The number of carbonyl (C=O) groups excluding carboxylic acids is 1. The number of fused-ring (bicyclic) bond motifs is 1. The fraction of sp³-hybridized carbons (Fsp3) is 0.188. The zero-order valence-corrected chi connectivity index (χ0v) is 14.0. The number of thiophene rings is 1. The zero-order valence-electron chi connectivity index (χ0n) is 12.4. The normalized spacial score (nSPS) is 10.9. The van der Waals surface area contributed by atoms with Crippen LogP contribution < -0.4 is 5.32 Å². The number of rotatable bonds is 5. The van der Waals surface area contributed by atoms with Crippen molar-refractivity contribution in [3.05, 3.63) is 42.5 Å². The Bertz CT molecular complexity index is 833. The molecular weight excluding hydrogens is 333 g/mol. The Hall–Kier alpha value is -1.99. The summed E-state index contributed by atoms with van der Waals surface area (Å²) in [5.41, 5.74) is 1.77. The Kier molecular flexibility index (Phi) is 4.88. The monoisotopic (exact) mass is 347 g/mol. The minimum atomic E-state index is -0.257. The van der Waals surface area contributed by atoms with Gasteiger partial charge in [0.2, 0.25) is 5.91 Å². The molecule has 1 aromatic carbocycles. The number of carbonyl (C=O) groups is 1. The van der Waals surface area contributed by atoms with Gasteiger partial charge in [0, 0.05) is 11.4 Å². The number of thioether (sulfide) groups is 1. The van der Waals surface area contributed by atoms with Crippen LogP contribution in [0.4, 0.5) is 4.39 Å². The largest absolute Gasteiger partial charge is 0.356 e. The molecule has 0 fully saturated rings. The van der Waals surface area contributed by atoms with Crippen LogP contribution in [0.1, 0.15) is 6.92 Å². The summed E-state index contributed by atoms with van der Waals surface area (Å²) in [6.07, 6.45) is 1.50. The second kappa shape index (κ2) is 7.06. The van der Waals surface area contributed by atoms with Crippen molar-refractivity contribution in [3.8, 4) is 10.4 Å². The van der Waals surface area contributed by atoms with Crippen LogP contribution >= 0.6 is 23.1 Å². The molecule has 23 heavy (non-hydrogen) atoms. The van der Waals surface area contributed by atoms with E-state index in [1.165, 1.54) is 30.2 Å². The van der Waals surface area contributed by atoms with Crippen molar-refractivity contribution in [2.24, 2.45) is 0 Å². The SMILES string of the molecule is CCNC(=O)CSc1ncnc2cc(-c3ccc(F)cc3)sc12. The van der Waals surface area contributed by atoms with Gasteiger partial charge in [0.25, 0.3) is 0 Å². The van der Waals surface area contributed by atoms with Crippen molar-refractivity contribution in [1.29, 1.82) is 0 Å². The average Bonchev–Trinajstić information content (AvgIpc) is 2.98. The number of nitrogens with zero attached hydrogens (tertiary/aromatic N) is 2. The predicted molar refractivity (Wildman–Crippen MR) is 92.2 cm³/mol. The van der Waals surface area contributed by atoms with Gasteiger partial charge in [-0.1, -0.05) is 23.9 Å². The van der Waals surface area contributed by atoms with Gasteiger partial charge >= 0.3 is 0 Å². The molecule has 0 saturated carbocycles. The Morgan fingerprint density at radius 2 is 2.09 bits per heavy atom. The van der Waals surface area contributed by atoms with Gasteiger partial charge in [-0.05, 0) is 30.7 Å². The summed E-state index contributed by atoms with van der Waals surface area (Å²) in [6, 6.07) is 8.33. The molecule has 0 bridgehead atoms. The van der Waals surface area contributed by atoms with Gasteiger partial charge in [-0.15, -0.1) is 11.3 Å². The summed E-state index contributed by atoms with van der Waals surface area (Å²) in [6.45, 7) is 2.51. The maximum Gasteiger partial charge on any atom is 0.230 e. The summed E-state index contributed by atoms with van der Waals surface area (Å²) in [4.78, 5) is 21.2. The highest BCUT2D eigenvalue weighted by Gasteiger charge is 2.12. The molecule has 0 radical (unpaired) electrons. The van der Waals surface area contributed by atoms with Crippen molar-refractivity contribution in [3.63, 3.8) is 0 Å². The number of amides is 1. The Labute approximate surface area is 141 Å². The van der Waals surface area contributed by atoms with Gasteiger partial charge in [-0.2, -0.15) is 0 Å². The fourth-order valence-electron chi connectivity index (χ4n) is 2.07. The van der Waals surface area contributed by atoms with Crippen LogP contribution in [-0.4, -0.2) is 28.2 Å². The molecule has 0 saturated heterocycles. The average molecular weight is 347 g/mol. The van der Waals surface area contributed by atoms with Gasteiger partial charge in [0.15, 0.2) is 0 Å². The van der Waals surface area contributed by atoms with Crippen molar-refractivity contribution in [2.75, 3.05) is 12.3 Å². The zero-order chi connectivity index (χ0) is 16.2. The number of hydrogen-bond acceptors (Lipinski definition) is 5. The number of halogens is 1. The van der Waals surface area contributed by atoms with Crippen LogP contribution in [0.15, 0.2) is 41.7 Å². The first-order valence-corrected chi connectivity index (χ1v) is 8.87. The van der Waals surface area contributed by atoms with Gasteiger partial charge in [-0.3, -0.25) is 4.79 Å². The van der Waals surface area contributed by atoms with Crippen LogP contribution in [-0.2, 0) is 4.79 Å². The van der Waals surface area contributed by atoms with Gasteiger partial charge < -0.3 is 5.32 Å². The van der Waals surface area contributed by atoms with Gasteiger partial charge in [-0.25, -0.2) is 14.4 Å². The second-order valence-electron chi connectivity index (χ2n) is 4.75. The standard InChI is InChI=1S/C16H14FN3OS2/c1-2-18-14(21)8-22-16-15-12(19-9-20-16)7-13(23-15)10-3-5-11(17)6-4-10/h3-7,9H,2,8H2,1H3,(H,18,21). The van der Waals surface area contributed by atoms with Crippen LogP contribution in [0.3, 0.4) is 0 Å². The maximum absolute atomic E-state index is 13.0. The van der Waals surface area contributed by atoms with E-state index in [0.29, 0.717) is 12.3 Å². The third-order valence-electron chi connectivity index (χ3n) is 3.12. The van der Waals surface area contributed by atoms with Crippen LogP contribution in [0.25, 0.3) is 20.7 Å². The molecular formula is C16H14FN3OS2. The molecule has 1 N–H and O–H groups in total. The smallest absolute Gasteiger partial charge is 0.230 e. The van der Waals surface area contributed by atoms with E-state index in [9.17, 15) is 9.18 Å². The van der Waals surface area contributed by atoms with E-state index >= 15 is 0 Å². The third kappa shape index (κ3) is 3.68. The molecule has 0 aliphatic heterocycles. The van der Waals surface area contributed by atoms with E-state index in [1.807, 2.05) is 13.0 Å². The van der Waals surface area contributed by atoms with Gasteiger partial charge in [0.05, 0.1) is 16.0 Å². The highest BCUT2D eigenvalue weighted by molar-refractivity contribution is 8.00. The van der Waals surface area contributed by atoms with E-state index in [1.54, 1.807) is 23.5 Å². The van der Waals surface area contributed by atoms with Crippen molar-refractivity contribution in [1.82, 2.24) is 15.3 Å². The first kappa shape index (κ1) is 15.9. The fourth-order valence-corrected chi connectivity index (χ4v) is 4.10. The minimum Gasteiger partial charge on any atom is -0.356 e. The molecule has 7 heteroatoms. The van der Waals surface area contributed by atoms with Gasteiger partial charge in [0.1, 0.15) is 17.2 Å². The number of aromatic nitrogens is 2. The molecule has 3 rings (SSSR count). The molecule has 0 aliphatic carbocycles. The van der Waals surface area contributed by atoms with E-state index in [2.05, 4.69) is 15.3 Å². The predicted octanol–water partition coefficient (Wildman–Crippen LogP) is 3.73. The Balaban J connectivity index is 1.89. The quantitative estimate of drug-likeness (QED) is 0.564. The lowest BCUT2D eigenvalue weighted by Crippen LogP contribution is -2.24. The molecule has 0 atom stereocenters. The molecule has 118 valence electrons. The first-order chi connectivity index (χ1) is 11.2. The lowest BCUT2D eigenvalue weighted by atomic mass is 10.2. The lowest BCUT2D eigenvalue weighted by Gasteiger charge is -2.02. The van der Waals surface area contributed by atoms with Crippen LogP contribution in [0, 0.1) is 5.82 Å². The molecule has 3 aromatic rings.